The molecule has 6 aromatic heterocycles. The molecule has 392 valence electrons. The summed E-state index contributed by atoms with van der Waals surface area (Å²) in [7, 11) is -4.25. The topological polar surface area (TPSA) is 250 Å². The third kappa shape index (κ3) is 11.7. The van der Waals surface area contributed by atoms with Crippen LogP contribution in [0, 0.1) is 0 Å². The lowest BCUT2D eigenvalue weighted by molar-refractivity contribution is 0.0885. The van der Waals surface area contributed by atoms with Gasteiger partial charge in [0.15, 0.2) is 11.3 Å². The van der Waals surface area contributed by atoms with Crippen LogP contribution >= 0.6 is 23.2 Å². The lowest BCUT2D eigenvalue weighted by Crippen LogP contribution is -2.49. The largest absolute Gasteiger partial charge is 0.361 e. The number of nitrogens with zero attached hydrogens (tertiary/aromatic N) is 11. The van der Waals surface area contributed by atoms with Crippen LogP contribution in [0.4, 0.5) is 0 Å². The predicted molar refractivity (Wildman–Crippen MR) is 289 cm³/mol. The van der Waals surface area contributed by atoms with Crippen LogP contribution in [0.15, 0.2) is 61.2 Å². The second kappa shape index (κ2) is 21.0. The Labute approximate surface area is 439 Å². The molecule has 21 nitrogen and oxygen atoms in total. The van der Waals surface area contributed by atoms with E-state index >= 15 is 0 Å². The molecule has 8 aromatic rings. The minimum atomic E-state index is -3.34. The zero-order valence-corrected chi connectivity index (χ0v) is 46.2. The predicted octanol–water partition coefficient (Wildman–Crippen LogP) is 6.42. The molecule has 0 unspecified atom stereocenters. The van der Waals surface area contributed by atoms with Gasteiger partial charge in [-0.3, -0.25) is 19.0 Å². The molecule has 74 heavy (non-hydrogen) atoms. The Balaban J connectivity index is 0.000000186. The van der Waals surface area contributed by atoms with Crippen molar-refractivity contribution in [2.24, 2.45) is 14.1 Å². The summed E-state index contributed by atoms with van der Waals surface area (Å²) in [5.74, 6) is -0.661. The van der Waals surface area contributed by atoms with Crippen LogP contribution in [0.5, 0.6) is 0 Å². The van der Waals surface area contributed by atoms with E-state index in [4.69, 9.17) is 37.9 Å². The fourth-order valence-electron chi connectivity index (χ4n) is 9.24. The van der Waals surface area contributed by atoms with Crippen LogP contribution < -0.4 is 10.6 Å². The Morgan fingerprint density at radius 1 is 0.757 bits per heavy atom. The quantitative estimate of drug-likeness (QED) is 0.0834. The zero-order valence-electron chi connectivity index (χ0n) is 42.1. The summed E-state index contributed by atoms with van der Waals surface area (Å²) in [5, 5.41) is 18.2. The van der Waals surface area contributed by atoms with Gasteiger partial charge in [0, 0.05) is 100 Å². The van der Waals surface area contributed by atoms with Crippen LogP contribution in [-0.4, -0.2) is 152 Å². The molecule has 2 fully saturated rings. The standard InChI is InChI=1S/C27H36ClN7O4SSi.C21H22ClN7O3S/c1-33-23-13-18(28)8-9-20(23)24(32-33)22-14-29-26-25(31-22)21(16-34(26)17-39-11-12-41(3,4)5)27(36)30-19-7-6-10-35(15-19)40(2,37)38;1-28-17-8-12(22)5-6-14(17)18(27-28)16-10-24-20-19(26-16)15(9-23-20)21(30)25-13-4-3-7-29(11-13)33(2,31)32/h8-9,13-14,16,19H,6-7,10-12,15,17H2,1-5H3,(H,30,36);5-6,8-10,13H,3-4,7,11H2,1-2H3,(H,23,24)(H,25,30)/t19-;13-/m11/s1. The number of piperidine rings is 2. The first-order chi connectivity index (χ1) is 35.0. The van der Waals surface area contributed by atoms with E-state index in [1.807, 2.05) is 38.4 Å². The number of sulfonamides is 2. The SMILES string of the molecule is Cn1nc(-c2cnc3[nH]cc(C(=O)N[C@@H]4CCCN(S(C)(=O)=O)C4)c3n2)c2ccc(Cl)cc21.Cn1nc(-c2cnc3c(n2)c(C(=O)N[C@@H]2CCCN(S(C)(=O)=O)C2)cn3COCC[Si](C)(C)C)c2ccc(Cl)cc21. The van der Waals surface area contributed by atoms with Gasteiger partial charge in [-0.25, -0.2) is 45.4 Å². The molecule has 2 aliphatic rings. The van der Waals surface area contributed by atoms with Crippen molar-refractivity contribution in [2.75, 3.05) is 45.3 Å². The van der Waals surface area contributed by atoms with Gasteiger partial charge in [-0.15, -0.1) is 0 Å². The molecule has 2 saturated heterocycles. The summed E-state index contributed by atoms with van der Waals surface area (Å²) >= 11 is 12.3. The molecule has 2 aliphatic heterocycles. The van der Waals surface area contributed by atoms with Gasteiger partial charge in [-0.1, -0.05) is 42.8 Å². The molecule has 2 atom stereocenters. The molecule has 2 amide bonds. The molecule has 3 N–H and O–H groups in total. The summed E-state index contributed by atoms with van der Waals surface area (Å²) in [6.07, 6.45) is 11.7. The molecule has 26 heteroatoms. The molecular weight excluding hydrogens is 1050 g/mol. The Morgan fingerprint density at radius 2 is 1.27 bits per heavy atom. The van der Waals surface area contributed by atoms with Gasteiger partial charge in [0.1, 0.15) is 40.5 Å². The molecule has 0 saturated carbocycles. The highest BCUT2D eigenvalue weighted by Gasteiger charge is 2.30. The number of carbonyl (C=O) groups is 2. The van der Waals surface area contributed by atoms with Gasteiger partial charge >= 0.3 is 0 Å². The van der Waals surface area contributed by atoms with Gasteiger partial charge in [-0.05, 0) is 68.1 Å². The third-order valence-electron chi connectivity index (χ3n) is 13.2. The van der Waals surface area contributed by atoms with Gasteiger partial charge in [-0.2, -0.15) is 10.2 Å². The van der Waals surface area contributed by atoms with Gasteiger partial charge in [0.25, 0.3) is 11.8 Å². The minimum absolute atomic E-state index is 0.235. The van der Waals surface area contributed by atoms with Crippen LogP contribution in [0.1, 0.15) is 46.4 Å². The number of nitrogens with one attached hydrogen (secondary N) is 3. The first kappa shape index (κ1) is 53.0. The molecule has 2 aromatic carbocycles. The van der Waals surface area contributed by atoms with Crippen molar-refractivity contribution >= 4 is 107 Å². The average Bonchev–Trinajstić information content (AvgIpc) is 4.11. The van der Waals surface area contributed by atoms with Crippen molar-refractivity contribution in [1.29, 1.82) is 0 Å². The molecular formula is C48H58Cl2N14O7S2Si. The fourth-order valence-corrected chi connectivity index (χ4v) is 12.2. The number of aryl methyl sites for hydroxylation is 2. The van der Waals surface area contributed by atoms with Crippen LogP contribution in [0.2, 0.25) is 35.7 Å². The van der Waals surface area contributed by atoms with Crippen LogP contribution in [-0.2, 0) is 45.6 Å². The maximum absolute atomic E-state index is 13.6. The summed E-state index contributed by atoms with van der Waals surface area (Å²) in [6, 6.07) is 11.5. The van der Waals surface area contributed by atoms with E-state index in [9.17, 15) is 26.4 Å². The number of benzene rings is 2. The van der Waals surface area contributed by atoms with E-state index in [1.54, 1.807) is 50.9 Å². The van der Waals surface area contributed by atoms with Crippen LogP contribution in [0.3, 0.4) is 0 Å². The Hall–Kier alpha value is -5.86. The molecule has 0 aliphatic carbocycles. The van der Waals surface area contributed by atoms with Crippen molar-refractivity contribution in [3.05, 3.63) is 82.4 Å². The number of carbonyl (C=O) groups excluding carboxylic acids is 2. The number of halogens is 2. The van der Waals surface area contributed by atoms with E-state index in [-0.39, 0.29) is 43.7 Å². The molecule has 0 radical (unpaired) electrons. The number of ether oxygens (including phenoxy) is 1. The van der Waals surface area contributed by atoms with Crippen molar-refractivity contribution < 1.29 is 31.2 Å². The van der Waals surface area contributed by atoms with E-state index < -0.39 is 28.1 Å². The van der Waals surface area contributed by atoms with E-state index in [2.05, 4.69) is 55.4 Å². The number of H-pyrrole nitrogens is 1. The third-order valence-corrected chi connectivity index (χ3v) is 17.9. The summed E-state index contributed by atoms with van der Waals surface area (Å²) in [5.41, 5.74) is 6.60. The first-order valence-electron chi connectivity index (χ1n) is 24.1. The number of hydrogen-bond acceptors (Lipinski definition) is 13. The number of rotatable bonds is 13. The normalized spacial score (nSPS) is 17.3. The second-order valence-corrected chi connectivity index (χ2v) is 30.5. The van der Waals surface area contributed by atoms with E-state index in [0.717, 1.165) is 27.8 Å². The Bertz CT molecular complexity index is 3690. The Kier molecular flexibility index (Phi) is 15.1. The number of amides is 2. The van der Waals surface area contributed by atoms with E-state index in [0.29, 0.717) is 112 Å². The molecule has 8 heterocycles. The maximum Gasteiger partial charge on any atom is 0.255 e. The van der Waals surface area contributed by atoms with Crippen molar-refractivity contribution in [3.8, 4) is 22.8 Å². The molecule has 0 spiro atoms. The molecule has 0 bridgehead atoms. The zero-order chi connectivity index (χ0) is 52.9. The monoisotopic (exact) mass is 1100 g/mol. The van der Waals surface area contributed by atoms with Crippen molar-refractivity contribution in [2.45, 2.75) is 70.2 Å². The number of aromatic amines is 1. The van der Waals surface area contributed by atoms with Crippen LogP contribution in [0.25, 0.3) is 66.9 Å². The molecule has 10 rings (SSSR count). The summed E-state index contributed by atoms with van der Waals surface area (Å²) < 4.78 is 62.0. The number of hydrogen-bond donors (Lipinski definition) is 3. The first-order valence-corrected chi connectivity index (χ1v) is 32.2. The second-order valence-electron chi connectivity index (χ2n) is 20.1. The smallest absolute Gasteiger partial charge is 0.255 e. The highest BCUT2D eigenvalue weighted by molar-refractivity contribution is 7.88. The number of aromatic nitrogens is 10. The van der Waals surface area contributed by atoms with Gasteiger partial charge in [0.05, 0.1) is 47.1 Å². The van der Waals surface area contributed by atoms with Crippen molar-refractivity contribution in [3.63, 3.8) is 0 Å². The Morgan fingerprint density at radius 3 is 1.80 bits per heavy atom. The summed E-state index contributed by atoms with van der Waals surface area (Å²) in [4.78, 5) is 48.4. The average molecular weight is 1110 g/mol. The summed E-state index contributed by atoms with van der Waals surface area (Å²) in [6.45, 7) is 9.16. The lowest BCUT2D eigenvalue weighted by atomic mass is 10.1. The van der Waals surface area contributed by atoms with E-state index in [1.165, 1.54) is 21.1 Å². The highest BCUT2D eigenvalue weighted by Crippen LogP contribution is 2.32. The highest BCUT2D eigenvalue weighted by atomic mass is 35.5. The fraction of sp³-hybridized carbons (Fsp3) is 0.417. The minimum Gasteiger partial charge on any atom is -0.361 e. The maximum atomic E-state index is 13.6. The lowest BCUT2D eigenvalue weighted by Gasteiger charge is -2.31. The van der Waals surface area contributed by atoms with Gasteiger partial charge in [0.2, 0.25) is 20.0 Å². The van der Waals surface area contributed by atoms with Crippen molar-refractivity contribution in [1.82, 2.24) is 68.3 Å². The van der Waals surface area contributed by atoms with Gasteiger partial charge < -0.3 is 24.9 Å². The number of fused-ring (bicyclic) bond motifs is 4.